The van der Waals surface area contributed by atoms with Gasteiger partial charge in [0, 0.05) is 51.1 Å². The van der Waals surface area contributed by atoms with Gasteiger partial charge in [0.2, 0.25) is 17.7 Å². The number of benzene rings is 1. The largest absolute Gasteiger partial charge is 0.396 e. The van der Waals surface area contributed by atoms with Crippen LogP contribution in [0.15, 0.2) is 30.3 Å². The van der Waals surface area contributed by atoms with Crippen molar-refractivity contribution in [2.24, 2.45) is 17.8 Å². The molecule has 0 aromatic heterocycles. The number of ether oxygens (including phenoxy) is 1. The Morgan fingerprint density at radius 2 is 1.87 bits per heavy atom. The van der Waals surface area contributed by atoms with Gasteiger partial charge in [-0.05, 0) is 30.7 Å². The molecule has 3 unspecified atom stereocenters. The third-order valence-electron chi connectivity index (χ3n) is 8.74. The number of morpholine rings is 1. The maximum Gasteiger partial charge on any atom is 0.244 e. The molecule has 5 rings (SSSR count). The number of nitrogens with one attached hydrogen (secondary N) is 2. The number of carbonyl (C=O) groups is 3. The molecule has 3 N–H and O–H groups in total. The van der Waals surface area contributed by atoms with Crippen LogP contribution in [-0.2, 0) is 25.7 Å². The summed E-state index contributed by atoms with van der Waals surface area (Å²) in [7, 11) is 0. The summed E-state index contributed by atoms with van der Waals surface area (Å²) in [5.74, 6) is -1.12. The Morgan fingerprint density at radius 3 is 2.61 bits per heavy atom. The van der Waals surface area contributed by atoms with Crippen LogP contribution in [0.5, 0.6) is 0 Å². The minimum atomic E-state index is -0.612. The Kier molecular flexibility index (Phi) is 8.62. The van der Waals surface area contributed by atoms with Crippen molar-refractivity contribution in [2.45, 2.75) is 48.8 Å². The molecule has 1 aromatic rings. The summed E-state index contributed by atoms with van der Waals surface area (Å²) in [6.45, 7) is 7.39. The lowest BCUT2D eigenvalue weighted by atomic mass is 9.66. The fraction of sp³-hybridized carbons (Fsp3) is 0.679. The third kappa shape index (κ3) is 5.08. The van der Waals surface area contributed by atoms with Gasteiger partial charge in [0.05, 0.1) is 29.8 Å². The summed E-state index contributed by atoms with van der Waals surface area (Å²) >= 11 is 1.70. The van der Waals surface area contributed by atoms with Crippen LogP contribution in [0.2, 0.25) is 0 Å². The van der Waals surface area contributed by atoms with Crippen LogP contribution in [0.1, 0.15) is 31.7 Å². The number of rotatable bonds is 11. The summed E-state index contributed by atoms with van der Waals surface area (Å²) in [5, 5.41) is 15.6. The lowest BCUT2D eigenvalue weighted by Gasteiger charge is -2.38. The molecule has 1 aromatic carbocycles. The van der Waals surface area contributed by atoms with Crippen molar-refractivity contribution in [3.63, 3.8) is 0 Å². The quantitative estimate of drug-likeness (QED) is 0.355. The lowest BCUT2D eigenvalue weighted by molar-refractivity contribution is -0.140. The Hall–Kier alpha value is -2.14. The predicted molar refractivity (Wildman–Crippen MR) is 145 cm³/mol. The third-order valence-corrected chi connectivity index (χ3v) is 10.8. The highest BCUT2D eigenvalue weighted by atomic mass is 32.2. The number of hydrogen-bond donors (Lipinski definition) is 3. The molecular formula is C28H40N4O5S. The molecule has 6 atom stereocenters. The van der Waals surface area contributed by atoms with Crippen LogP contribution >= 0.6 is 11.8 Å². The molecule has 4 saturated heterocycles. The molecule has 4 aliphatic heterocycles. The van der Waals surface area contributed by atoms with Gasteiger partial charge in [0.25, 0.3) is 0 Å². The number of hydrogen-bond acceptors (Lipinski definition) is 7. The lowest BCUT2D eigenvalue weighted by Crippen LogP contribution is -2.57. The number of thioether (sulfide) groups is 1. The Bertz CT molecular complexity index is 1010. The molecule has 3 amide bonds. The summed E-state index contributed by atoms with van der Waals surface area (Å²) in [4.78, 5) is 45.4. The zero-order valence-corrected chi connectivity index (χ0v) is 23.0. The monoisotopic (exact) mass is 544 g/mol. The van der Waals surface area contributed by atoms with Gasteiger partial charge in [-0.2, -0.15) is 0 Å². The number of aliphatic hydroxyl groups excluding tert-OH is 1. The number of amides is 3. The maximum absolute atomic E-state index is 14.0. The van der Waals surface area contributed by atoms with Crippen LogP contribution in [0, 0.1) is 17.8 Å². The average molecular weight is 545 g/mol. The first-order valence-electron chi connectivity index (χ1n) is 14.0. The van der Waals surface area contributed by atoms with Gasteiger partial charge in [-0.3, -0.25) is 19.3 Å². The average Bonchev–Trinajstić information content (AvgIpc) is 3.52. The van der Waals surface area contributed by atoms with Gasteiger partial charge < -0.3 is 25.4 Å². The number of carbonyl (C=O) groups excluding carboxylic acids is 3. The van der Waals surface area contributed by atoms with Crippen molar-refractivity contribution < 1.29 is 24.2 Å². The Labute approximate surface area is 229 Å². The van der Waals surface area contributed by atoms with Crippen LogP contribution in [0.25, 0.3) is 0 Å². The second-order valence-electron chi connectivity index (χ2n) is 11.0. The second kappa shape index (κ2) is 11.9. The van der Waals surface area contributed by atoms with E-state index in [0.29, 0.717) is 45.7 Å². The second-order valence-corrected chi connectivity index (χ2v) is 12.5. The molecule has 4 heterocycles. The fourth-order valence-corrected chi connectivity index (χ4v) is 9.34. The minimum Gasteiger partial charge on any atom is -0.396 e. The van der Waals surface area contributed by atoms with E-state index in [1.807, 2.05) is 30.3 Å². The fourth-order valence-electron chi connectivity index (χ4n) is 6.92. The molecule has 1 spiro atoms. The van der Waals surface area contributed by atoms with Crippen LogP contribution < -0.4 is 10.6 Å². The van der Waals surface area contributed by atoms with E-state index in [1.165, 1.54) is 0 Å². The SMILES string of the molecule is CC1C[C@@H]2SC13C(C(=O)NCCN1CCOCC1)N(CCCCO)C(=O)[C@@H]3[C@@H]2C(=O)NCc1ccccc1. The van der Waals surface area contributed by atoms with Crippen molar-refractivity contribution >= 4 is 29.5 Å². The van der Waals surface area contributed by atoms with Crippen molar-refractivity contribution in [1.29, 1.82) is 0 Å². The van der Waals surface area contributed by atoms with E-state index < -0.39 is 22.6 Å². The smallest absolute Gasteiger partial charge is 0.244 e. The van der Waals surface area contributed by atoms with E-state index in [0.717, 1.165) is 31.6 Å². The van der Waals surface area contributed by atoms with E-state index in [-0.39, 0.29) is 35.5 Å². The molecule has 4 aliphatic rings. The summed E-state index contributed by atoms with van der Waals surface area (Å²) in [6.07, 6.45) is 2.01. The molecule has 0 saturated carbocycles. The van der Waals surface area contributed by atoms with E-state index >= 15 is 0 Å². The van der Waals surface area contributed by atoms with Crippen LogP contribution in [-0.4, -0.2) is 101 Å². The minimum absolute atomic E-state index is 0.0259. The summed E-state index contributed by atoms with van der Waals surface area (Å²) in [6, 6.07) is 9.16. The highest BCUT2D eigenvalue weighted by Gasteiger charge is 2.75. The zero-order valence-electron chi connectivity index (χ0n) is 22.1. The zero-order chi connectivity index (χ0) is 26.7. The van der Waals surface area contributed by atoms with Gasteiger partial charge in [-0.1, -0.05) is 37.3 Å². The number of unbranched alkanes of at least 4 members (excludes halogenated alkanes) is 1. The van der Waals surface area contributed by atoms with Crippen LogP contribution in [0.4, 0.5) is 0 Å². The Balaban J connectivity index is 1.34. The number of fused-ring (bicyclic) bond motifs is 1. The highest BCUT2D eigenvalue weighted by molar-refractivity contribution is 8.02. The van der Waals surface area contributed by atoms with E-state index in [1.54, 1.807) is 16.7 Å². The predicted octanol–water partition coefficient (Wildman–Crippen LogP) is 0.861. The first-order valence-corrected chi connectivity index (χ1v) is 14.8. The molecule has 9 nitrogen and oxygen atoms in total. The standard InChI is InChI=1S/C28H40N4O5S/c1-19-17-21-22(25(34)30-18-20-7-3-2-4-8-20)23-27(36)32(10-5-6-14-33)24(28(19,23)38-21)26(35)29-9-11-31-12-15-37-16-13-31/h2-4,7-8,19,21-24,33H,5-6,9-18H2,1H3,(H,29,35)(H,30,34)/t19?,21-,22+,23-,24?,28?/m0/s1. The van der Waals surface area contributed by atoms with Crippen LogP contribution in [0.3, 0.4) is 0 Å². The van der Waals surface area contributed by atoms with Gasteiger partial charge >= 0.3 is 0 Å². The van der Waals surface area contributed by atoms with Crippen molar-refractivity contribution in [3.05, 3.63) is 35.9 Å². The number of aliphatic hydroxyl groups is 1. The van der Waals surface area contributed by atoms with Crippen molar-refractivity contribution in [1.82, 2.24) is 20.4 Å². The molecule has 10 heteroatoms. The van der Waals surface area contributed by atoms with Gasteiger partial charge in [0.15, 0.2) is 0 Å². The highest BCUT2D eigenvalue weighted by Crippen LogP contribution is 2.68. The van der Waals surface area contributed by atoms with E-state index in [2.05, 4.69) is 22.5 Å². The molecule has 0 radical (unpaired) electrons. The van der Waals surface area contributed by atoms with Gasteiger partial charge in [-0.15, -0.1) is 11.8 Å². The molecular weight excluding hydrogens is 504 g/mol. The van der Waals surface area contributed by atoms with Gasteiger partial charge in [-0.25, -0.2) is 0 Å². The Morgan fingerprint density at radius 1 is 1.11 bits per heavy atom. The summed E-state index contributed by atoms with van der Waals surface area (Å²) < 4.78 is 4.81. The molecule has 0 aliphatic carbocycles. The molecule has 4 fully saturated rings. The van der Waals surface area contributed by atoms with E-state index in [4.69, 9.17) is 4.74 Å². The molecule has 208 valence electrons. The van der Waals surface area contributed by atoms with E-state index in [9.17, 15) is 19.5 Å². The van der Waals surface area contributed by atoms with Crippen molar-refractivity contribution in [3.8, 4) is 0 Å². The van der Waals surface area contributed by atoms with Gasteiger partial charge in [0.1, 0.15) is 6.04 Å². The normalized spacial score (nSPS) is 32.4. The first-order chi connectivity index (χ1) is 18.5. The maximum atomic E-state index is 14.0. The summed E-state index contributed by atoms with van der Waals surface area (Å²) in [5.41, 5.74) is 1.01. The first kappa shape index (κ1) is 27.4. The van der Waals surface area contributed by atoms with Crippen molar-refractivity contribution in [2.75, 3.05) is 52.5 Å². The topological polar surface area (TPSA) is 111 Å². The molecule has 2 bridgehead atoms. The number of likely N-dealkylation sites (tertiary alicyclic amines) is 1. The molecule has 38 heavy (non-hydrogen) atoms. The number of nitrogens with zero attached hydrogens (tertiary/aromatic N) is 2.